The van der Waals surface area contributed by atoms with Gasteiger partial charge in [0.05, 0.1) is 35.5 Å². The fourth-order valence-corrected chi connectivity index (χ4v) is 3.83. The van der Waals surface area contributed by atoms with Crippen molar-refractivity contribution < 1.29 is 4.79 Å². The predicted octanol–water partition coefficient (Wildman–Crippen LogP) is 3.66. The lowest BCUT2D eigenvalue weighted by Gasteiger charge is -2.28. The Morgan fingerprint density at radius 2 is 1.87 bits per heavy atom. The fraction of sp³-hybridized carbons (Fsp3) is 0.227. The van der Waals surface area contributed by atoms with Crippen molar-refractivity contribution in [3.8, 4) is 11.1 Å². The smallest absolute Gasteiger partial charge is 0.276 e. The second-order valence-corrected chi connectivity index (χ2v) is 7.40. The molecule has 150 valence electrons. The molecule has 8 nitrogen and oxygen atoms in total. The number of hydrogen-bond donors (Lipinski definition) is 2. The minimum Gasteiger partial charge on any atom is -0.370 e. The van der Waals surface area contributed by atoms with Gasteiger partial charge in [-0.1, -0.05) is 6.07 Å². The molecule has 30 heavy (non-hydrogen) atoms. The van der Waals surface area contributed by atoms with Gasteiger partial charge in [-0.2, -0.15) is 15.3 Å². The van der Waals surface area contributed by atoms with Crippen LogP contribution in [-0.4, -0.2) is 44.4 Å². The number of H-pyrrole nitrogens is 1. The summed E-state index contributed by atoms with van der Waals surface area (Å²) in [5, 5.41) is 18.2. The van der Waals surface area contributed by atoms with E-state index in [1.165, 1.54) is 31.7 Å². The van der Waals surface area contributed by atoms with Crippen LogP contribution in [0.4, 0.5) is 11.4 Å². The SMILES string of the molecule is O=C(Nc1ccnnc1)c1n[nH]c2ccc(-c3cncc(N4CCCCC4)c3)cc12. The second-order valence-electron chi connectivity index (χ2n) is 7.40. The Labute approximate surface area is 173 Å². The molecular formula is C22H21N7O. The monoisotopic (exact) mass is 399 g/mol. The average Bonchev–Trinajstić information content (AvgIpc) is 3.24. The average molecular weight is 399 g/mol. The third kappa shape index (κ3) is 3.59. The van der Waals surface area contributed by atoms with E-state index >= 15 is 0 Å². The lowest BCUT2D eigenvalue weighted by Crippen LogP contribution is -2.29. The van der Waals surface area contributed by atoms with E-state index in [1.807, 2.05) is 30.6 Å². The van der Waals surface area contributed by atoms with E-state index in [2.05, 4.69) is 41.7 Å². The standard InChI is InChI=1S/C22H21N7O/c30-22(26-17-6-7-24-25-13-17)21-19-11-15(4-5-20(19)27-28-21)16-10-18(14-23-12-16)29-8-2-1-3-9-29/h4-7,10-14H,1-3,8-9H2,(H,27,28)(H,24,26,30). The topological polar surface area (TPSA) is 99.7 Å². The highest BCUT2D eigenvalue weighted by Crippen LogP contribution is 2.29. The van der Waals surface area contributed by atoms with Crippen LogP contribution in [0.25, 0.3) is 22.0 Å². The van der Waals surface area contributed by atoms with Gasteiger partial charge in [0.1, 0.15) is 0 Å². The lowest BCUT2D eigenvalue weighted by molar-refractivity contribution is 0.102. The zero-order valence-corrected chi connectivity index (χ0v) is 16.4. The number of carbonyl (C=O) groups is 1. The number of hydrogen-bond acceptors (Lipinski definition) is 6. The van der Waals surface area contributed by atoms with Crippen molar-refractivity contribution in [1.82, 2.24) is 25.4 Å². The van der Waals surface area contributed by atoms with E-state index in [9.17, 15) is 4.79 Å². The molecule has 0 bridgehead atoms. The van der Waals surface area contributed by atoms with Crippen molar-refractivity contribution in [2.24, 2.45) is 0 Å². The number of aromatic amines is 1. The van der Waals surface area contributed by atoms with Crippen molar-refractivity contribution in [2.45, 2.75) is 19.3 Å². The van der Waals surface area contributed by atoms with Gasteiger partial charge < -0.3 is 10.2 Å². The van der Waals surface area contributed by atoms with Crippen LogP contribution in [0.15, 0.2) is 55.1 Å². The molecule has 5 rings (SSSR count). The van der Waals surface area contributed by atoms with Gasteiger partial charge in [-0.25, -0.2) is 0 Å². The molecule has 1 aromatic carbocycles. The number of benzene rings is 1. The van der Waals surface area contributed by atoms with E-state index in [0.29, 0.717) is 11.4 Å². The number of pyridine rings is 1. The number of nitrogens with one attached hydrogen (secondary N) is 2. The number of fused-ring (bicyclic) bond motifs is 1. The molecule has 1 fully saturated rings. The van der Waals surface area contributed by atoms with Crippen molar-refractivity contribution >= 4 is 28.2 Å². The first-order valence-corrected chi connectivity index (χ1v) is 10.0. The molecule has 0 atom stereocenters. The molecule has 0 unspecified atom stereocenters. The summed E-state index contributed by atoms with van der Waals surface area (Å²) in [6.45, 7) is 2.14. The van der Waals surface area contributed by atoms with Crippen LogP contribution >= 0.6 is 0 Å². The highest BCUT2D eigenvalue weighted by Gasteiger charge is 2.16. The van der Waals surface area contributed by atoms with Gasteiger partial charge >= 0.3 is 0 Å². The van der Waals surface area contributed by atoms with Crippen LogP contribution in [0.1, 0.15) is 29.8 Å². The summed E-state index contributed by atoms with van der Waals surface area (Å²) in [5.41, 5.74) is 4.87. The van der Waals surface area contributed by atoms with Crippen LogP contribution < -0.4 is 10.2 Å². The Kier molecular flexibility index (Phi) is 4.80. The maximum absolute atomic E-state index is 12.7. The molecule has 0 radical (unpaired) electrons. The lowest BCUT2D eigenvalue weighted by atomic mass is 10.0. The minimum absolute atomic E-state index is 0.299. The number of piperidine rings is 1. The molecule has 4 aromatic rings. The summed E-state index contributed by atoms with van der Waals surface area (Å²) in [6.07, 6.45) is 10.5. The van der Waals surface area contributed by atoms with Crippen molar-refractivity contribution in [2.75, 3.05) is 23.3 Å². The second kappa shape index (κ2) is 7.90. The molecule has 2 N–H and O–H groups in total. The maximum atomic E-state index is 12.7. The highest BCUT2D eigenvalue weighted by molar-refractivity contribution is 6.11. The van der Waals surface area contributed by atoms with Crippen molar-refractivity contribution in [3.63, 3.8) is 0 Å². The van der Waals surface area contributed by atoms with Crippen LogP contribution in [0.3, 0.4) is 0 Å². The van der Waals surface area contributed by atoms with E-state index in [4.69, 9.17) is 0 Å². The molecule has 1 aliphatic rings. The summed E-state index contributed by atoms with van der Waals surface area (Å²) < 4.78 is 0. The Morgan fingerprint density at radius 1 is 0.967 bits per heavy atom. The number of aromatic nitrogens is 5. The summed E-state index contributed by atoms with van der Waals surface area (Å²) in [5.74, 6) is -0.299. The third-order valence-electron chi connectivity index (χ3n) is 5.40. The van der Waals surface area contributed by atoms with Crippen LogP contribution in [-0.2, 0) is 0 Å². The first kappa shape index (κ1) is 18.2. The Balaban J connectivity index is 1.46. The largest absolute Gasteiger partial charge is 0.370 e. The molecule has 0 aliphatic carbocycles. The first-order chi connectivity index (χ1) is 14.8. The van der Waals surface area contributed by atoms with Gasteiger partial charge in [0.15, 0.2) is 5.69 Å². The minimum atomic E-state index is -0.299. The van der Waals surface area contributed by atoms with Crippen molar-refractivity contribution in [1.29, 1.82) is 0 Å². The van der Waals surface area contributed by atoms with Gasteiger partial charge in [-0.3, -0.25) is 14.9 Å². The zero-order valence-electron chi connectivity index (χ0n) is 16.4. The van der Waals surface area contributed by atoms with Gasteiger partial charge in [-0.05, 0) is 49.1 Å². The highest BCUT2D eigenvalue weighted by atomic mass is 16.1. The number of rotatable bonds is 4. The third-order valence-corrected chi connectivity index (χ3v) is 5.40. The summed E-state index contributed by atoms with van der Waals surface area (Å²) in [6, 6.07) is 9.79. The van der Waals surface area contributed by atoms with Crippen molar-refractivity contribution in [3.05, 3.63) is 60.8 Å². The molecule has 3 aromatic heterocycles. The first-order valence-electron chi connectivity index (χ1n) is 10.0. The van der Waals surface area contributed by atoms with E-state index in [0.717, 1.165) is 40.8 Å². The number of carbonyl (C=O) groups excluding carboxylic acids is 1. The van der Waals surface area contributed by atoms with Crippen LogP contribution in [0.5, 0.6) is 0 Å². The number of nitrogens with zero attached hydrogens (tertiary/aromatic N) is 5. The molecule has 1 saturated heterocycles. The molecular weight excluding hydrogens is 378 g/mol. The molecule has 4 heterocycles. The van der Waals surface area contributed by atoms with E-state index in [-0.39, 0.29) is 5.91 Å². The van der Waals surface area contributed by atoms with Gasteiger partial charge in [-0.15, -0.1) is 0 Å². The van der Waals surface area contributed by atoms with Crippen LogP contribution in [0, 0.1) is 0 Å². The van der Waals surface area contributed by atoms with Gasteiger partial charge in [0, 0.05) is 30.2 Å². The zero-order chi connectivity index (χ0) is 20.3. The molecule has 1 amide bonds. The molecule has 8 heteroatoms. The van der Waals surface area contributed by atoms with Gasteiger partial charge in [0.2, 0.25) is 0 Å². The van der Waals surface area contributed by atoms with E-state index in [1.54, 1.807) is 6.07 Å². The van der Waals surface area contributed by atoms with Gasteiger partial charge in [0.25, 0.3) is 5.91 Å². The Bertz CT molecular complexity index is 1180. The predicted molar refractivity (Wildman–Crippen MR) is 115 cm³/mol. The van der Waals surface area contributed by atoms with E-state index < -0.39 is 0 Å². The summed E-state index contributed by atoms with van der Waals surface area (Å²) in [7, 11) is 0. The quantitative estimate of drug-likeness (QED) is 0.543. The fourth-order valence-electron chi connectivity index (χ4n) is 3.83. The summed E-state index contributed by atoms with van der Waals surface area (Å²) >= 11 is 0. The Morgan fingerprint density at radius 3 is 2.70 bits per heavy atom. The molecule has 0 spiro atoms. The Hall–Kier alpha value is -3.81. The molecule has 1 aliphatic heterocycles. The molecule has 0 saturated carbocycles. The maximum Gasteiger partial charge on any atom is 0.276 e. The van der Waals surface area contributed by atoms with Crippen LogP contribution in [0.2, 0.25) is 0 Å². The summed E-state index contributed by atoms with van der Waals surface area (Å²) in [4.78, 5) is 19.6. The number of amides is 1. The number of anilines is 2. The normalized spacial score (nSPS) is 14.1.